The zero-order chi connectivity index (χ0) is 13.0. The molecule has 0 radical (unpaired) electrons. The van der Waals surface area contributed by atoms with Gasteiger partial charge in [-0.3, -0.25) is 4.90 Å². The van der Waals surface area contributed by atoms with Crippen molar-refractivity contribution in [3.05, 3.63) is 29.8 Å². The van der Waals surface area contributed by atoms with Crippen LogP contribution in [0.25, 0.3) is 0 Å². The van der Waals surface area contributed by atoms with Crippen molar-refractivity contribution in [3.63, 3.8) is 0 Å². The molecule has 1 saturated heterocycles. The lowest BCUT2D eigenvalue weighted by Gasteiger charge is -2.16. The Labute approximate surface area is 108 Å². The molecule has 1 aliphatic heterocycles. The Bertz CT molecular complexity index is 402. The molecule has 2 N–H and O–H groups in total. The average Bonchev–Trinajstić information content (AvgIpc) is 2.72. The van der Waals surface area contributed by atoms with Gasteiger partial charge >= 0.3 is 6.03 Å². The van der Waals surface area contributed by atoms with Gasteiger partial charge in [0.05, 0.1) is 0 Å². The number of aryl methyl sites for hydroxylation is 1. The summed E-state index contributed by atoms with van der Waals surface area (Å²) >= 11 is 0. The fourth-order valence-electron chi connectivity index (χ4n) is 2.20. The van der Waals surface area contributed by atoms with Gasteiger partial charge in [-0.25, -0.2) is 4.79 Å². The van der Waals surface area contributed by atoms with Crippen molar-refractivity contribution in [2.24, 2.45) is 5.73 Å². The maximum absolute atomic E-state index is 11.8. The van der Waals surface area contributed by atoms with E-state index in [1.807, 2.05) is 24.1 Å². The molecule has 0 unspecified atom stereocenters. The zero-order valence-corrected chi connectivity index (χ0v) is 10.9. The van der Waals surface area contributed by atoms with Crippen LogP contribution < -0.4 is 10.6 Å². The Kier molecular flexibility index (Phi) is 4.20. The van der Waals surface area contributed by atoms with Crippen molar-refractivity contribution in [2.75, 3.05) is 31.6 Å². The highest BCUT2D eigenvalue weighted by atomic mass is 16.2. The molecule has 4 nitrogen and oxygen atoms in total. The van der Waals surface area contributed by atoms with Gasteiger partial charge in [-0.2, -0.15) is 0 Å². The van der Waals surface area contributed by atoms with Gasteiger partial charge in [0.1, 0.15) is 0 Å². The molecule has 1 aliphatic rings. The summed E-state index contributed by atoms with van der Waals surface area (Å²) in [5.74, 6) is 0. The number of hydrogen-bond donors (Lipinski definition) is 1. The zero-order valence-electron chi connectivity index (χ0n) is 10.9. The Morgan fingerprint density at radius 3 is 2.44 bits per heavy atom. The number of rotatable bonds is 5. The molecule has 98 valence electrons. The molecule has 18 heavy (non-hydrogen) atoms. The van der Waals surface area contributed by atoms with Crippen LogP contribution in [-0.4, -0.2) is 37.6 Å². The van der Waals surface area contributed by atoms with Crippen LogP contribution in [0.1, 0.15) is 18.4 Å². The first-order chi connectivity index (χ1) is 8.72. The van der Waals surface area contributed by atoms with Gasteiger partial charge in [0.2, 0.25) is 0 Å². The van der Waals surface area contributed by atoms with Gasteiger partial charge in [-0.05, 0) is 43.5 Å². The van der Waals surface area contributed by atoms with Crippen LogP contribution in [0.2, 0.25) is 0 Å². The van der Waals surface area contributed by atoms with E-state index in [4.69, 9.17) is 5.73 Å². The van der Waals surface area contributed by atoms with E-state index >= 15 is 0 Å². The standard InChI is InChI=1S/C14H21N3O/c1-16-10-11-17(14(16)18)13-7-5-12(6-8-13)4-2-3-9-15/h5-8H,2-4,9-11,15H2,1H3. The number of unbranched alkanes of at least 4 members (excludes halogenated alkanes) is 1. The molecule has 0 bridgehead atoms. The van der Waals surface area contributed by atoms with Crippen molar-refractivity contribution in [1.82, 2.24) is 4.90 Å². The van der Waals surface area contributed by atoms with Crippen LogP contribution >= 0.6 is 0 Å². The van der Waals surface area contributed by atoms with Crippen LogP contribution in [0.3, 0.4) is 0 Å². The Hall–Kier alpha value is -1.55. The molecule has 2 rings (SSSR count). The highest BCUT2D eigenvalue weighted by Gasteiger charge is 2.26. The number of carbonyl (C=O) groups is 1. The first kappa shape index (κ1) is 12.9. The minimum atomic E-state index is 0.0888. The normalized spacial score (nSPS) is 15.6. The number of amides is 2. The molecule has 1 heterocycles. The first-order valence-electron chi connectivity index (χ1n) is 6.54. The SMILES string of the molecule is CN1CCN(c2ccc(CCCCN)cc2)C1=O. The molecule has 0 aliphatic carbocycles. The molecule has 1 aromatic rings. The summed E-state index contributed by atoms with van der Waals surface area (Å²) in [5, 5.41) is 0. The van der Waals surface area contributed by atoms with E-state index in [1.165, 1.54) is 5.56 Å². The van der Waals surface area contributed by atoms with Crippen LogP contribution in [0.4, 0.5) is 10.5 Å². The minimum Gasteiger partial charge on any atom is -0.330 e. The number of anilines is 1. The molecule has 0 atom stereocenters. The number of hydrogen-bond acceptors (Lipinski definition) is 2. The van der Waals surface area contributed by atoms with Gasteiger partial charge in [-0.1, -0.05) is 12.1 Å². The lowest BCUT2D eigenvalue weighted by molar-refractivity contribution is 0.229. The number of nitrogens with zero attached hydrogens (tertiary/aromatic N) is 2. The van der Waals surface area contributed by atoms with Crippen LogP contribution in [-0.2, 0) is 6.42 Å². The average molecular weight is 247 g/mol. The maximum atomic E-state index is 11.8. The largest absolute Gasteiger partial charge is 0.330 e. The van der Waals surface area contributed by atoms with Gasteiger partial charge in [0.25, 0.3) is 0 Å². The summed E-state index contributed by atoms with van der Waals surface area (Å²) < 4.78 is 0. The van der Waals surface area contributed by atoms with E-state index in [9.17, 15) is 4.79 Å². The van der Waals surface area contributed by atoms with E-state index in [0.29, 0.717) is 0 Å². The number of benzene rings is 1. The second kappa shape index (κ2) is 5.87. The minimum absolute atomic E-state index is 0.0888. The second-order valence-electron chi connectivity index (χ2n) is 4.77. The third-order valence-electron chi connectivity index (χ3n) is 3.38. The molecule has 1 aromatic carbocycles. The van der Waals surface area contributed by atoms with E-state index in [1.54, 1.807) is 4.90 Å². The summed E-state index contributed by atoms with van der Waals surface area (Å²) in [7, 11) is 1.84. The second-order valence-corrected chi connectivity index (χ2v) is 4.77. The predicted molar refractivity (Wildman–Crippen MR) is 73.8 cm³/mol. The van der Waals surface area contributed by atoms with Crippen LogP contribution in [0.15, 0.2) is 24.3 Å². The molecular formula is C14H21N3O. The van der Waals surface area contributed by atoms with Crippen molar-refractivity contribution in [3.8, 4) is 0 Å². The summed E-state index contributed by atoms with van der Waals surface area (Å²) in [6.45, 7) is 2.34. The summed E-state index contributed by atoms with van der Waals surface area (Å²) in [6.07, 6.45) is 3.25. The highest BCUT2D eigenvalue weighted by molar-refractivity contribution is 5.93. The van der Waals surface area contributed by atoms with E-state index in [0.717, 1.165) is 44.6 Å². The topological polar surface area (TPSA) is 49.6 Å². The third-order valence-corrected chi connectivity index (χ3v) is 3.38. The van der Waals surface area contributed by atoms with Crippen molar-refractivity contribution in [2.45, 2.75) is 19.3 Å². The van der Waals surface area contributed by atoms with Crippen molar-refractivity contribution >= 4 is 11.7 Å². The number of nitrogens with two attached hydrogens (primary N) is 1. The summed E-state index contributed by atoms with van der Waals surface area (Å²) in [5.41, 5.74) is 7.78. The fourth-order valence-corrected chi connectivity index (χ4v) is 2.20. The van der Waals surface area contributed by atoms with E-state index in [-0.39, 0.29) is 6.03 Å². The monoisotopic (exact) mass is 247 g/mol. The lowest BCUT2D eigenvalue weighted by Crippen LogP contribution is -2.29. The molecule has 4 heteroatoms. The highest BCUT2D eigenvalue weighted by Crippen LogP contribution is 2.20. The van der Waals surface area contributed by atoms with E-state index < -0.39 is 0 Å². The molecular weight excluding hydrogens is 226 g/mol. The van der Waals surface area contributed by atoms with Crippen LogP contribution in [0.5, 0.6) is 0 Å². The van der Waals surface area contributed by atoms with Crippen molar-refractivity contribution in [1.29, 1.82) is 0 Å². The summed E-state index contributed by atoms with van der Waals surface area (Å²) in [6, 6.07) is 8.38. The Balaban J connectivity index is 1.97. The molecule has 0 spiro atoms. The Morgan fingerprint density at radius 2 is 1.89 bits per heavy atom. The molecule has 1 fully saturated rings. The number of carbonyl (C=O) groups excluding carboxylic acids is 1. The molecule has 0 saturated carbocycles. The van der Waals surface area contributed by atoms with Crippen LogP contribution in [0, 0.1) is 0 Å². The van der Waals surface area contributed by atoms with Gasteiger partial charge in [-0.15, -0.1) is 0 Å². The molecule has 2 amide bonds. The quantitative estimate of drug-likeness (QED) is 0.807. The number of likely N-dealkylation sites (N-methyl/N-ethyl adjacent to an activating group) is 1. The molecule has 0 aromatic heterocycles. The Morgan fingerprint density at radius 1 is 1.17 bits per heavy atom. The lowest BCUT2D eigenvalue weighted by atomic mass is 10.1. The van der Waals surface area contributed by atoms with Crippen molar-refractivity contribution < 1.29 is 4.79 Å². The van der Waals surface area contributed by atoms with Gasteiger partial charge in [0, 0.05) is 25.8 Å². The van der Waals surface area contributed by atoms with Gasteiger partial charge < -0.3 is 10.6 Å². The van der Waals surface area contributed by atoms with E-state index in [2.05, 4.69) is 12.1 Å². The first-order valence-corrected chi connectivity index (χ1v) is 6.54. The predicted octanol–water partition coefficient (Wildman–Crippen LogP) is 1.84. The fraction of sp³-hybridized carbons (Fsp3) is 0.500. The van der Waals surface area contributed by atoms with Gasteiger partial charge in [0.15, 0.2) is 0 Å². The third kappa shape index (κ3) is 2.82. The smallest absolute Gasteiger partial charge is 0.324 e. The number of urea groups is 1. The summed E-state index contributed by atoms with van der Waals surface area (Å²) in [4.78, 5) is 15.4. The maximum Gasteiger partial charge on any atom is 0.324 e.